The minimum atomic E-state index is -0.674. The number of halogens is 1. The molecule has 0 saturated carbocycles. The largest absolute Gasteiger partial charge is 0.496 e. The number of fused-ring (bicyclic) bond motifs is 1. The Hall–Kier alpha value is -2.77. The van der Waals surface area contributed by atoms with Crippen molar-refractivity contribution < 1.29 is 13.9 Å². The smallest absolute Gasteiger partial charge is 0.246 e. The third kappa shape index (κ3) is 3.63. The van der Waals surface area contributed by atoms with Gasteiger partial charge in [0.25, 0.3) is 0 Å². The van der Waals surface area contributed by atoms with E-state index < -0.39 is 5.95 Å². The van der Waals surface area contributed by atoms with Gasteiger partial charge in [-0.25, -0.2) is 9.97 Å². The second-order valence-electron chi connectivity index (χ2n) is 7.53. The van der Waals surface area contributed by atoms with Crippen LogP contribution in [0.2, 0.25) is 0 Å². The molecular weight excluding hydrogens is 361 g/mol. The Bertz CT molecular complexity index is 916. The number of aryl methyl sites for hydroxylation is 2. The Morgan fingerprint density at radius 3 is 2.61 bits per heavy atom. The third-order valence-corrected chi connectivity index (χ3v) is 4.77. The molecule has 3 heterocycles. The summed E-state index contributed by atoms with van der Waals surface area (Å²) in [5.74, 6) is 0.850. The Labute approximate surface area is 164 Å². The SMILES string of the molecule is COc1c(C)cnc(CN2CC(=O)N(CC(C)C)c3c(F)nc(C)nc32)c1C. The highest BCUT2D eigenvalue weighted by atomic mass is 19.1. The molecule has 0 fully saturated rings. The average molecular weight is 387 g/mol. The molecule has 8 heteroatoms. The second-order valence-corrected chi connectivity index (χ2v) is 7.53. The highest BCUT2D eigenvalue weighted by Gasteiger charge is 2.35. The molecule has 28 heavy (non-hydrogen) atoms. The summed E-state index contributed by atoms with van der Waals surface area (Å²) in [6, 6.07) is 0. The van der Waals surface area contributed by atoms with Crippen LogP contribution in [-0.2, 0) is 11.3 Å². The van der Waals surface area contributed by atoms with E-state index in [0.29, 0.717) is 24.7 Å². The molecule has 7 nitrogen and oxygen atoms in total. The molecule has 0 radical (unpaired) electrons. The minimum Gasteiger partial charge on any atom is -0.496 e. The molecule has 1 aliphatic rings. The molecule has 0 bridgehead atoms. The maximum atomic E-state index is 14.8. The van der Waals surface area contributed by atoms with Crippen molar-refractivity contribution in [2.75, 3.05) is 30.0 Å². The normalized spacial score (nSPS) is 13.9. The summed E-state index contributed by atoms with van der Waals surface area (Å²) in [7, 11) is 1.62. The lowest BCUT2D eigenvalue weighted by atomic mass is 10.1. The minimum absolute atomic E-state index is 0.104. The molecule has 0 N–H and O–H groups in total. The summed E-state index contributed by atoms with van der Waals surface area (Å²) < 4.78 is 20.2. The summed E-state index contributed by atoms with van der Waals surface area (Å²) in [6.45, 7) is 10.3. The molecule has 2 aromatic rings. The van der Waals surface area contributed by atoms with Crippen LogP contribution >= 0.6 is 0 Å². The van der Waals surface area contributed by atoms with Gasteiger partial charge in [0, 0.05) is 23.9 Å². The van der Waals surface area contributed by atoms with E-state index in [1.54, 1.807) is 25.1 Å². The topological polar surface area (TPSA) is 71.5 Å². The van der Waals surface area contributed by atoms with Gasteiger partial charge in [0.15, 0.2) is 5.82 Å². The van der Waals surface area contributed by atoms with Crippen molar-refractivity contribution in [3.05, 3.63) is 34.8 Å². The molecular formula is C20H26FN5O2. The highest BCUT2D eigenvalue weighted by Crippen LogP contribution is 2.35. The number of methoxy groups -OCH3 is 1. The van der Waals surface area contributed by atoms with Gasteiger partial charge in [-0.2, -0.15) is 4.39 Å². The van der Waals surface area contributed by atoms with Gasteiger partial charge in [0.2, 0.25) is 11.9 Å². The van der Waals surface area contributed by atoms with Gasteiger partial charge in [-0.1, -0.05) is 13.8 Å². The van der Waals surface area contributed by atoms with E-state index in [1.165, 1.54) is 4.90 Å². The fraction of sp³-hybridized carbons (Fsp3) is 0.500. The second kappa shape index (κ2) is 7.69. The van der Waals surface area contributed by atoms with Gasteiger partial charge in [0.05, 0.1) is 25.9 Å². The number of nitrogens with zero attached hydrogens (tertiary/aromatic N) is 5. The number of ether oxygens (including phenoxy) is 1. The van der Waals surface area contributed by atoms with E-state index in [1.807, 2.05) is 27.7 Å². The number of hydrogen-bond acceptors (Lipinski definition) is 6. The Morgan fingerprint density at radius 2 is 1.96 bits per heavy atom. The molecule has 1 amide bonds. The van der Waals surface area contributed by atoms with E-state index in [9.17, 15) is 9.18 Å². The van der Waals surface area contributed by atoms with Gasteiger partial charge in [-0.3, -0.25) is 9.78 Å². The predicted octanol–water partition coefficient (Wildman–Crippen LogP) is 2.95. The monoisotopic (exact) mass is 387 g/mol. The first kappa shape index (κ1) is 20.0. The first-order chi connectivity index (χ1) is 13.2. The molecule has 150 valence electrons. The zero-order valence-corrected chi connectivity index (χ0v) is 17.2. The lowest BCUT2D eigenvalue weighted by molar-refractivity contribution is -0.117. The van der Waals surface area contributed by atoms with Gasteiger partial charge in [-0.15, -0.1) is 0 Å². The quantitative estimate of drug-likeness (QED) is 0.735. The first-order valence-corrected chi connectivity index (χ1v) is 9.31. The standard InChI is InChI=1S/C20H26FN5O2/c1-11(2)8-26-16(27)10-25(20-17(26)19(21)23-14(5)24-20)9-15-13(4)18(28-6)12(3)7-22-15/h7,11H,8-10H2,1-6H3. The number of carbonyl (C=O) groups is 1. The lowest BCUT2D eigenvalue weighted by Crippen LogP contribution is -2.48. The van der Waals surface area contributed by atoms with Crippen LogP contribution in [0.4, 0.5) is 15.9 Å². The number of amides is 1. The zero-order valence-electron chi connectivity index (χ0n) is 17.2. The predicted molar refractivity (Wildman–Crippen MR) is 105 cm³/mol. The van der Waals surface area contributed by atoms with Crippen LogP contribution in [0.25, 0.3) is 0 Å². The van der Waals surface area contributed by atoms with Gasteiger partial charge in [-0.05, 0) is 26.7 Å². The molecule has 3 rings (SSSR count). The van der Waals surface area contributed by atoms with E-state index >= 15 is 0 Å². The summed E-state index contributed by atoms with van der Waals surface area (Å²) in [5.41, 5.74) is 2.74. The van der Waals surface area contributed by atoms with Gasteiger partial charge in [0.1, 0.15) is 17.3 Å². The zero-order chi connectivity index (χ0) is 20.6. The van der Waals surface area contributed by atoms with Crippen LogP contribution in [0, 0.1) is 32.6 Å². The highest BCUT2D eigenvalue weighted by molar-refractivity contribution is 6.02. The number of hydrogen-bond donors (Lipinski definition) is 0. The number of rotatable bonds is 5. The summed E-state index contributed by atoms with van der Waals surface area (Å²) in [5, 5.41) is 0. The van der Waals surface area contributed by atoms with Crippen molar-refractivity contribution in [1.82, 2.24) is 15.0 Å². The van der Waals surface area contributed by atoms with E-state index in [2.05, 4.69) is 15.0 Å². The maximum absolute atomic E-state index is 14.8. The molecule has 0 atom stereocenters. The Kier molecular flexibility index (Phi) is 5.49. The molecule has 1 aliphatic heterocycles. The molecule has 0 spiro atoms. The fourth-order valence-electron chi connectivity index (χ4n) is 3.52. The van der Waals surface area contributed by atoms with E-state index in [0.717, 1.165) is 22.6 Å². The number of aromatic nitrogens is 3. The molecule has 0 aromatic carbocycles. The molecule has 0 aliphatic carbocycles. The third-order valence-electron chi connectivity index (χ3n) is 4.77. The van der Waals surface area contributed by atoms with Crippen LogP contribution in [0.1, 0.15) is 36.5 Å². The molecule has 0 unspecified atom stereocenters. The fourth-order valence-corrected chi connectivity index (χ4v) is 3.52. The van der Waals surface area contributed by atoms with Crippen molar-refractivity contribution in [3.8, 4) is 5.75 Å². The van der Waals surface area contributed by atoms with E-state index in [-0.39, 0.29) is 24.1 Å². The van der Waals surface area contributed by atoms with Gasteiger partial charge < -0.3 is 14.5 Å². The van der Waals surface area contributed by atoms with Crippen LogP contribution in [0.5, 0.6) is 5.75 Å². The average Bonchev–Trinajstić information content (AvgIpc) is 2.60. The summed E-state index contributed by atoms with van der Waals surface area (Å²) in [6.07, 6.45) is 1.74. The van der Waals surface area contributed by atoms with Crippen molar-refractivity contribution in [2.45, 2.75) is 41.2 Å². The van der Waals surface area contributed by atoms with E-state index in [4.69, 9.17) is 4.74 Å². The van der Waals surface area contributed by atoms with Crippen LogP contribution in [0.3, 0.4) is 0 Å². The van der Waals surface area contributed by atoms with Crippen LogP contribution < -0.4 is 14.5 Å². The molecule has 0 saturated heterocycles. The number of anilines is 2. The number of pyridine rings is 1. The molecule has 2 aromatic heterocycles. The first-order valence-electron chi connectivity index (χ1n) is 9.31. The lowest BCUT2D eigenvalue weighted by Gasteiger charge is -2.37. The van der Waals surface area contributed by atoms with Crippen molar-refractivity contribution >= 4 is 17.4 Å². The Balaban J connectivity index is 2.05. The summed E-state index contributed by atoms with van der Waals surface area (Å²) >= 11 is 0. The van der Waals surface area contributed by atoms with Gasteiger partial charge >= 0.3 is 0 Å². The number of carbonyl (C=O) groups excluding carboxylic acids is 1. The van der Waals surface area contributed by atoms with Crippen LogP contribution in [0.15, 0.2) is 6.20 Å². The van der Waals surface area contributed by atoms with Crippen LogP contribution in [-0.4, -0.2) is 41.1 Å². The summed E-state index contributed by atoms with van der Waals surface area (Å²) in [4.78, 5) is 28.8. The van der Waals surface area contributed by atoms with Crippen molar-refractivity contribution in [1.29, 1.82) is 0 Å². The van der Waals surface area contributed by atoms with Crippen molar-refractivity contribution in [2.24, 2.45) is 5.92 Å². The van der Waals surface area contributed by atoms with Crippen molar-refractivity contribution in [3.63, 3.8) is 0 Å². The Morgan fingerprint density at radius 1 is 1.25 bits per heavy atom. The maximum Gasteiger partial charge on any atom is 0.246 e.